The minimum absolute atomic E-state index is 0.0885. The topological polar surface area (TPSA) is 77.2 Å². The number of hydrogen-bond acceptors (Lipinski definition) is 5. The lowest BCUT2D eigenvalue weighted by Crippen LogP contribution is -2.11. The maximum Gasteiger partial charge on any atom is 0.226 e. The van der Waals surface area contributed by atoms with E-state index < -0.39 is 0 Å². The van der Waals surface area contributed by atoms with Crippen molar-refractivity contribution in [3.05, 3.63) is 71.6 Å². The van der Waals surface area contributed by atoms with E-state index in [1.165, 1.54) is 12.1 Å². The van der Waals surface area contributed by atoms with Gasteiger partial charge in [0.1, 0.15) is 18.2 Å². The standard InChI is InChI=1S/C20H20FN3O3/c1-14-22-20(27-24-14)10-4-9-19(25)23-17-7-2-5-15(11-17)13-26-18-8-3-6-16(21)12-18/h2-3,5-8,11-12H,4,9-10,13H2,1H3,(H,23,25). The van der Waals surface area contributed by atoms with E-state index in [2.05, 4.69) is 15.5 Å². The van der Waals surface area contributed by atoms with Gasteiger partial charge in [-0.25, -0.2) is 4.39 Å². The van der Waals surface area contributed by atoms with E-state index in [1.807, 2.05) is 24.3 Å². The monoisotopic (exact) mass is 369 g/mol. The number of hydrogen-bond donors (Lipinski definition) is 1. The summed E-state index contributed by atoms with van der Waals surface area (Å²) in [6.45, 7) is 2.04. The Balaban J connectivity index is 1.47. The number of aryl methyl sites for hydroxylation is 2. The van der Waals surface area contributed by atoms with Crippen molar-refractivity contribution >= 4 is 11.6 Å². The van der Waals surface area contributed by atoms with Gasteiger partial charge in [-0.3, -0.25) is 4.79 Å². The smallest absolute Gasteiger partial charge is 0.226 e. The van der Waals surface area contributed by atoms with Gasteiger partial charge in [0.15, 0.2) is 5.82 Å². The van der Waals surface area contributed by atoms with Crippen molar-refractivity contribution in [2.24, 2.45) is 0 Å². The molecule has 0 aliphatic rings. The molecule has 1 amide bonds. The predicted molar refractivity (Wildman–Crippen MR) is 97.8 cm³/mol. The molecular weight excluding hydrogens is 349 g/mol. The summed E-state index contributed by atoms with van der Waals surface area (Å²) < 4.78 is 23.8. The predicted octanol–water partition coefficient (Wildman–Crippen LogP) is 4.06. The van der Waals surface area contributed by atoms with E-state index in [0.29, 0.717) is 42.4 Å². The lowest BCUT2D eigenvalue weighted by Gasteiger charge is -2.09. The Kier molecular flexibility index (Phi) is 6.14. The van der Waals surface area contributed by atoms with Crippen molar-refractivity contribution in [3.8, 4) is 5.75 Å². The Labute approximate surface area is 156 Å². The van der Waals surface area contributed by atoms with Crippen LogP contribution in [-0.2, 0) is 17.8 Å². The first-order valence-corrected chi connectivity index (χ1v) is 8.65. The summed E-state index contributed by atoms with van der Waals surface area (Å²) in [7, 11) is 0. The second-order valence-electron chi connectivity index (χ2n) is 6.08. The van der Waals surface area contributed by atoms with Gasteiger partial charge in [-0.05, 0) is 43.2 Å². The van der Waals surface area contributed by atoms with Gasteiger partial charge < -0.3 is 14.6 Å². The highest BCUT2D eigenvalue weighted by atomic mass is 19.1. The molecule has 0 atom stereocenters. The largest absolute Gasteiger partial charge is 0.489 e. The Morgan fingerprint density at radius 1 is 1.22 bits per heavy atom. The number of halogens is 1. The fraction of sp³-hybridized carbons (Fsp3) is 0.250. The number of nitrogens with one attached hydrogen (secondary N) is 1. The summed E-state index contributed by atoms with van der Waals surface area (Å²) in [6, 6.07) is 13.3. The van der Waals surface area contributed by atoms with Crippen LogP contribution in [-0.4, -0.2) is 16.0 Å². The van der Waals surface area contributed by atoms with Crippen LogP contribution in [0.2, 0.25) is 0 Å². The van der Waals surface area contributed by atoms with Crippen LogP contribution in [0.5, 0.6) is 5.75 Å². The molecule has 1 heterocycles. The maximum absolute atomic E-state index is 13.2. The van der Waals surface area contributed by atoms with Gasteiger partial charge in [-0.1, -0.05) is 23.4 Å². The van der Waals surface area contributed by atoms with Crippen LogP contribution in [0.15, 0.2) is 53.1 Å². The van der Waals surface area contributed by atoms with Crippen molar-refractivity contribution in [2.45, 2.75) is 32.8 Å². The SMILES string of the molecule is Cc1noc(CCCC(=O)Nc2cccc(COc3cccc(F)c3)c2)n1. The molecular formula is C20H20FN3O3. The molecule has 7 heteroatoms. The van der Waals surface area contributed by atoms with E-state index in [4.69, 9.17) is 9.26 Å². The molecule has 0 saturated heterocycles. The van der Waals surface area contributed by atoms with Crippen LogP contribution >= 0.6 is 0 Å². The molecule has 3 aromatic rings. The van der Waals surface area contributed by atoms with Gasteiger partial charge in [-0.15, -0.1) is 0 Å². The zero-order chi connectivity index (χ0) is 19.1. The number of anilines is 1. The zero-order valence-electron chi connectivity index (χ0n) is 14.9. The quantitative estimate of drug-likeness (QED) is 0.648. The maximum atomic E-state index is 13.2. The lowest BCUT2D eigenvalue weighted by molar-refractivity contribution is -0.116. The van der Waals surface area contributed by atoms with Crippen molar-refractivity contribution in [2.75, 3.05) is 5.32 Å². The Hall–Kier alpha value is -3.22. The summed E-state index contributed by atoms with van der Waals surface area (Å²) in [5.74, 6) is 1.16. The van der Waals surface area contributed by atoms with Crippen molar-refractivity contribution in [3.63, 3.8) is 0 Å². The second-order valence-corrected chi connectivity index (χ2v) is 6.08. The van der Waals surface area contributed by atoms with Crippen LogP contribution in [0.1, 0.15) is 30.1 Å². The van der Waals surface area contributed by atoms with Crippen molar-refractivity contribution in [1.82, 2.24) is 10.1 Å². The van der Waals surface area contributed by atoms with Gasteiger partial charge in [0, 0.05) is 24.6 Å². The summed E-state index contributed by atoms with van der Waals surface area (Å²) in [4.78, 5) is 16.2. The molecule has 0 saturated carbocycles. The van der Waals surface area contributed by atoms with Gasteiger partial charge in [-0.2, -0.15) is 4.98 Å². The molecule has 140 valence electrons. The third-order valence-electron chi connectivity index (χ3n) is 3.78. The Bertz CT molecular complexity index is 911. The van der Waals surface area contributed by atoms with E-state index >= 15 is 0 Å². The molecule has 6 nitrogen and oxygen atoms in total. The molecule has 0 spiro atoms. The van der Waals surface area contributed by atoms with Gasteiger partial charge >= 0.3 is 0 Å². The number of aromatic nitrogens is 2. The first-order chi connectivity index (χ1) is 13.1. The molecule has 2 aromatic carbocycles. The van der Waals surface area contributed by atoms with E-state index in [1.54, 1.807) is 19.1 Å². The zero-order valence-corrected chi connectivity index (χ0v) is 14.9. The first kappa shape index (κ1) is 18.6. The minimum Gasteiger partial charge on any atom is -0.489 e. The van der Waals surface area contributed by atoms with Gasteiger partial charge in [0.05, 0.1) is 0 Å². The molecule has 0 aliphatic carbocycles. The van der Waals surface area contributed by atoms with Gasteiger partial charge in [0.25, 0.3) is 0 Å². The normalized spacial score (nSPS) is 10.6. The van der Waals surface area contributed by atoms with E-state index in [9.17, 15) is 9.18 Å². The van der Waals surface area contributed by atoms with Gasteiger partial charge in [0.2, 0.25) is 11.8 Å². The van der Waals surface area contributed by atoms with Crippen LogP contribution in [0.3, 0.4) is 0 Å². The number of carbonyl (C=O) groups is 1. The summed E-state index contributed by atoms with van der Waals surface area (Å²) in [5, 5.41) is 6.58. The molecule has 27 heavy (non-hydrogen) atoms. The third-order valence-corrected chi connectivity index (χ3v) is 3.78. The van der Waals surface area contributed by atoms with Crippen LogP contribution in [0, 0.1) is 12.7 Å². The summed E-state index contributed by atoms with van der Waals surface area (Å²) in [5.41, 5.74) is 1.56. The molecule has 0 radical (unpaired) electrons. The first-order valence-electron chi connectivity index (χ1n) is 8.65. The molecule has 0 unspecified atom stereocenters. The number of benzene rings is 2. The lowest BCUT2D eigenvalue weighted by atomic mass is 10.2. The average molecular weight is 369 g/mol. The average Bonchev–Trinajstić information content (AvgIpc) is 3.05. The number of nitrogens with zero attached hydrogens (tertiary/aromatic N) is 2. The van der Waals surface area contributed by atoms with Crippen LogP contribution < -0.4 is 10.1 Å². The number of amides is 1. The molecule has 0 bridgehead atoms. The van der Waals surface area contributed by atoms with E-state index in [0.717, 1.165) is 5.56 Å². The fourth-order valence-electron chi connectivity index (χ4n) is 2.53. The van der Waals surface area contributed by atoms with Crippen molar-refractivity contribution in [1.29, 1.82) is 0 Å². The highest BCUT2D eigenvalue weighted by Crippen LogP contribution is 2.16. The fourth-order valence-corrected chi connectivity index (χ4v) is 2.53. The molecule has 1 aromatic heterocycles. The highest BCUT2D eigenvalue weighted by Gasteiger charge is 2.07. The molecule has 3 rings (SSSR count). The number of ether oxygens (including phenoxy) is 1. The second kappa shape index (κ2) is 8.93. The summed E-state index contributed by atoms with van der Waals surface area (Å²) in [6.07, 6.45) is 1.54. The van der Waals surface area contributed by atoms with Crippen LogP contribution in [0.25, 0.3) is 0 Å². The number of rotatable bonds is 8. The third kappa shape index (κ3) is 5.91. The molecule has 1 N–H and O–H groups in total. The summed E-state index contributed by atoms with van der Waals surface area (Å²) >= 11 is 0. The molecule has 0 fully saturated rings. The minimum atomic E-state index is -0.343. The van der Waals surface area contributed by atoms with E-state index in [-0.39, 0.29) is 18.3 Å². The highest BCUT2D eigenvalue weighted by molar-refractivity contribution is 5.90. The Morgan fingerprint density at radius 2 is 2.07 bits per heavy atom. The van der Waals surface area contributed by atoms with Crippen molar-refractivity contribution < 1.29 is 18.4 Å². The number of carbonyl (C=O) groups excluding carboxylic acids is 1. The van der Waals surface area contributed by atoms with Crippen LogP contribution in [0.4, 0.5) is 10.1 Å². The molecule has 0 aliphatic heterocycles. The Morgan fingerprint density at radius 3 is 2.85 bits per heavy atom.